The van der Waals surface area contributed by atoms with Crippen LogP contribution in [-0.4, -0.2) is 16.3 Å². The summed E-state index contributed by atoms with van der Waals surface area (Å²) in [6.45, 7) is 0. The maximum absolute atomic E-state index is 10.6. The van der Waals surface area contributed by atoms with Crippen molar-refractivity contribution >= 4 is 43.7 Å². The zero-order valence-electron chi connectivity index (χ0n) is 5.17. The Morgan fingerprint density at radius 1 is 1.50 bits per heavy atom. The van der Waals surface area contributed by atoms with Crippen LogP contribution in [0.5, 0.6) is 0 Å². The average Bonchev–Trinajstić information content (AvgIpc) is 2.11. The van der Waals surface area contributed by atoms with E-state index in [0.29, 0.717) is 0 Å². The molecule has 0 saturated carbocycles. The summed E-state index contributed by atoms with van der Waals surface area (Å²) in [5.74, 6) is 0. The van der Waals surface area contributed by atoms with E-state index < -0.39 is 9.05 Å². The van der Waals surface area contributed by atoms with Gasteiger partial charge in [-0.15, -0.1) is 11.3 Å². The first kappa shape index (κ1) is 8.10. The Kier molecular flexibility index (Phi) is 2.08. The third-order valence-electron chi connectivity index (χ3n) is 0.956. The zero-order chi connectivity index (χ0) is 7.78. The molecule has 0 aliphatic heterocycles. The maximum Gasteiger partial charge on any atom is 0.270 e. The summed E-state index contributed by atoms with van der Waals surface area (Å²) >= 11 is 1.17. The molecule has 1 heterocycles. The van der Waals surface area contributed by atoms with E-state index in [2.05, 4.69) is 0 Å². The van der Waals surface area contributed by atoms with E-state index in [-0.39, 0.29) is 4.21 Å². The maximum atomic E-state index is 10.6. The van der Waals surface area contributed by atoms with Gasteiger partial charge in [-0.3, -0.25) is 0 Å². The van der Waals surface area contributed by atoms with Crippen LogP contribution < -0.4 is 4.78 Å². The molecule has 0 amide bonds. The van der Waals surface area contributed by atoms with Crippen molar-refractivity contribution in [2.24, 2.45) is 0 Å². The fourth-order valence-corrected chi connectivity index (χ4v) is 2.59. The molecular weight excluding hydrogens is 190 g/mol. The van der Waals surface area contributed by atoms with Crippen LogP contribution in [0.15, 0.2) is 16.3 Å². The lowest BCUT2D eigenvalue weighted by Crippen LogP contribution is -1.90. The number of hydrogen-bond acceptors (Lipinski definition) is 3. The molecule has 0 N–H and O–H groups in total. The van der Waals surface area contributed by atoms with Gasteiger partial charge < -0.3 is 0 Å². The zero-order valence-corrected chi connectivity index (χ0v) is 7.55. The van der Waals surface area contributed by atoms with Crippen LogP contribution >= 0.6 is 22.0 Å². The predicted octanol–water partition coefficient (Wildman–Crippen LogP) is -0.0660. The van der Waals surface area contributed by atoms with Crippen LogP contribution in [0.2, 0.25) is 0 Å². The summed E-state index contributed by atoms with van der Waals surface area (Å²) in [7, 11) is 3.39. The minimum Gasteiger partial charge on any atom is -0.206 e. The SMILES string of the molecule is Bc1ccc(S(=O)(=O)Cl)s1. The molecule has 0 atom stereocenters. The first-order valence-electron chi connectivity index (χ1n) is 2.51. The van der Waals surface area contributed by atoms with Gasteiger partial charge in [0.05, 0.1) is 0 Å². The van der Waals surface area contributed by atoms with Gasteiger partial charge in [-0.1, -0.05) is 6.07 Å². The molecule has 54 valence electrons. The Labute approximate surface area is 68.7 Å². The average molecular weight is 194 g/mol. The van der Waals surface area contributed by atoms with E-state index in [1.807, 2.05) is 7.85 Å². The molecule has 0 aromatic carbocycles. The Morgan fingerprint density at radius 2 is 2.10 bits per heavy atom. The molecule has 6 heteroatoms. The molecule has 0 spiro atoms. The van der Waals surface area contributed by atoms with Crippen molar-refractivity contribution in [2.45, 2.75) is 4.21 Å². The highest BCUT2D eigenvalue weighted by Crippen LogP contribution is 2.17. The van der Waals surface area contributed by atoms with Crippen molar-refractivity contribution < 1.29 is 8.42 Å². The summed E-state index contributed by atoms with van der Waals surface area (Å²) in [6, 6.07) is 3.22. The topological polar surface area (TPSA) is 34.1 Å². The van der Waals surface area contributed by atoms with Gasteiger partial charge in [0.2, 0.25) is 0 Å². The Hall–Kier alpha value is 0.00494. The van der Waals surface area contributed by atoms with Gasteiger partial charge in [-0.05, 0) is 10.8 Å². The molecule has 0 radical (unpaired) electrons. The Morgan fingerprint density at radius 3 is 2.30 bits per heavy atom. The number of rotatable bonds is 1. The quantitative estimate of drug-likeness (QED) is 0.463. The molecule has 0 bridgehead atoms. The fraction of sp³-hybridized carbons (Fsp3) is 0. The minimum atomic E-state index is -3.49. The molecule has 0 saturated heterocycles. The standard InChI is InChI=1S/C4H4BClO2S2/c5-3-1-2-4(9-3)10(6,7)8/h1-2H,5H2. The van der Waals surface area contributed by atoms with Crippen molar-refractivity contribution in [1.29, 1.82) is 0 Å². The van der Waals surface area contributed by atoms with Crippen LogP contribution in [0.4, 0.5) is 0 Å². The lowest BCUT2D eigenvalue weighted by Gasteiger charge is -1.84. The van der Waals surface area contributed by atoms with Crippen LogP contribution in [0, 0.1) is 0 Å². The smallest absolute Gasteiger partial charge is 0.206 e. The largest absolute Gasteiger partial charge is 0.270 e. The summed E-state index contributed by atoms with van der Waals surface area (Å²) in [5.41, 5.74) is 0. The Balaban J connectivity index is 3.21. The molecule has 0 aliphatic carbocycles. The van der Waals surface area contributed by atoms with Crippen molar-refractivity contribution in [3.63, 3.8) is 0 Å². The van der Waals surface area contributed by atoms with Crippen LogP contribution in [-0.2, 0) is 9.05 Å². The molecule has 2 nitrogen and oxygen atoms in total. The van der Waals surface area contributed by atoms with Crippen LogP contribution in [0.25, 0.3) is 0 Å². The highest BCUT2D eigenvalue weighted by atomic mass is 35.7. The minimum absolute atomic E-state index is 0.215. The molecule has 1 rings (SSSR count). The number of halogens is 1. The van der Waals surface area contributed by atoms with Gasteiger partial charge in [0.15, 0.2) is 7.85 Å². The van der Waals surface area contributed by atoms with E-state index in [0.717, 1.165) is 4.78 Å². The normalized spacial score (nSPS) is 11.7. The Bertz CT molecular complexity index is 329. The van der Waals surface area contributed by atoms with Crippen LogP contribution in [0.3, 0.4) is 0 Å². The predicted molar refractivity (Wildman–Crippen MR) is 45.5 cm³/mol. The van der Waals surface area contributed by atoms with Crippen molar-refractivity contribution in [2.75, 3.05) is 0 Å². The van der Waals surface area contributed by atoms with E-state index in [9.17, 15) is 8.42 Å². The van der Waals surface area contributed by atoms with Gasteiger partial charge in [0.25, 0.3) is 9.05 Å². The van der Waals surface area contributed by atoms with Gasteiger partial charge in [-0.25, -0.2) is 8.42 Å². The first-order valence-corrected chi connectivity index (χ1v) is 5.64. The van der Waals surface area contributed by atoms with Gasteiger partial charge in [0, 0.05) is 10.7 Å². The highest BCUT2D eigenvalue weighted by Gasteiger charge is 2.10. The van der Waals surface area contributed by atoms with Gasteiger partial charge in [0.1, 0.15) is 4.21 Å². The summed E-state index contributed by atoms with van der Waals surface area (Å²) < 4.78 is 22.4. The lowest BCUT2D eigenvalue weighted by molar-refractivity contribution is 0.611. The molecular formula is C4H4BClO2S2. The number of thiophene rings is 1. The third-order valence-corrected chi connectivity index (χ3v) is 4.05. The molecule has 0 fully saturated rings. The van der Waals surface area contributed by atoms with Crippen molar-refractivity contribution in [3.8, 4) is 0 Å². The van der Waals surface area contributed by atoms with Crippen molar-refractivity contribution in [1.82, 2.24) is 0 Å². The van der Waals surface area contributed by atoms with Crippen molar-refractivity contribution in [3.05, 3.63) is 12.1 Å². The van der Waals surface area contributed by atoms with Crippen LogP contribution in [0.1, 0.15) is 0 Å². The van der Waals surface area contributed by atoms with E-state index >= 15 is 0 Å². The monoisotopic (exact) mass is 194 g/mol. The molecule has 1 aromatic heterocycles. The lowest BCUT2D eigenvalue weighted by atomic mass is 10.1. The molecule has 0 unspecified atom stereocenters. The third kappa shape index (κ3) is 1.74. The number of hydrogen-bond donors (Lipinski definition) is 0. The molecule has 1 aromatic rings. The van der Waals surface area contributed by atoms with E-state index in [1.165, 1.54) is 17.4 Å². The summed E-state index contributed by atoms with van der Waals surface area (Å²) in [6.07, 6.45) is 0. The molecule has 0 aliphatic rings. The highest BCUT2D eigenvalue weighted by molar-refractivity contribution is 8.15. The second-order valence-electron chi connectivity index (χ2n) is 1.80. The first-order chi connectivity index (χ1) is 4.50. The summed E-state index contributed by atoms with van der Waals surface area (Å²) in [5, 5.41) is 0. The fourth-order valence-electron chi connectivity index (χ4n) is 0.543. The van der Waals surface area contributed by atoms with E-state index in [4.69, 9.17) is 10.7 Å². The second-order valence-corrected chi connectivity index (χ2v) is 5.88. The van der Waals surface area contributed by atoms with Gasteiger partial charge in [-0.2, -0.15) is 0 Å². The summed E-state index contributed by atoms with van der Waals surface area (Å²) in [4.78, 5) is 0. The van der Waals surface area contributed by atoms with E-state index in [1.54, 1.807) is 6.07 Å². The molecule has 10 heavy (non-hydrogen) atoms. The second kappa shape index (κ2) is 2.56. The van der Waals surface area contributed by atoms with Gasteiger partial charge >= 0.3 is 0 Å².